The Hall–Kier alpha value is -1.26. The first-order chi connectivity index (χ1) is 7.73. The van der Waals surface area contributed by atoms with E-state index >= 15 is 0 Å². The lowest BCUT2D eigenvalue weighted by Gasteiger charge is -2.17. The zero-order chi connectivity index (χ0) is 13.8. The Kier molecular flexibility index (Phi) is 5.45. The Labute approximate surface area is 100 Å². The van der Waals surface area contributed by atoms with Crippen LogP contribution in [0.25, 0.3) is 0 Å². The highest BCUT2D eigenvalue weighted by Gasteiger charge is 2.36. The molecule has 1 aromatic heterocycles. The van der Waals surface area contributed by atoms with Crippen molar-refractivity contribution in [2.75, 3.05) is 5.73 Å². The molecule has 0 amide bonds. The first-order valence-electron chi connectivity index (χ1n) is 5.57. The molecule has 1 rings (SSSR count). The van der Waals surface area contributed by atoms with Gasteiger partial charge in [-0.05, 0) is 24.5 Å². The van der Waals surface area contributed by atoms with Gasteiger partial charge in [-0.25, -0.2) is 4.98 Å². The van der Waals surface area contributed by atoms with Gasteiger partial charge >= 0.3 is 6.18 Å². The fraction of sp³-hybridized carbons (Fsp3) is 0.583. The molecule has 98 valence electrons. The van der Waals surface area contributed by atoms with Crippen LogP contribution >= 0.6 is 0 Å². The molecule has 0 radical (unpaired) electrons. The van der Waals surface area contributed by atoms with Gasteiger partial charge in [-0.2, -0.15) is 13.2 Å². The van der Waals surface area contributed by atoms with Gasteiger partial charge in [0.25, 0.3) is 0 Å². The van der Waals surface area contributed by atoms with Gasteiger partial charge in [0.1, 0.15) is 5.82 Å². The van der Waals surface area contributed by atoms with Crippen LogP contribution in [0.5, 0.6) is 0 Å². The standard InChI is InChI=1S/C10H13F3N2.C2H6/c1-5(2)9-8(10(11,12)13)6(3)4-7(14)15-9;1-2/h4-5H,1-3H3,(H2,14,15);1-2H3. The summed E-state index contributed by atoms with van der Waals surface area (Å²) in [5.41, 5.74) is 4.91. The van der Waals surface area contributed by atoms with Gasteiger partial charge in [0.05, 0.1) is 11.3 Å². The number of aromatic nitrogens is 1. The van der Waals surface area contributed by atoms with Crippen LogP contribution in [0.15, 0.2) is 6.07 Å². The number of rotatable bonds is 1. The van der Waals surface area contributed by atoms with Gasteiger partial charge in [0.2, 0.25) is 0 Å². The van der Waals surface area contributed by atoms with E-state index < -0.39 is 11.7 Å². The number of hydrogen-bond acceptors (Lipinski definition) is 2. The zero-order valence-electron chi connectivity index (χ0n) is 10.8. The summed E-state index contributed by atoms with van der Waals surface area (Å²) in [4.78, 5) is 3.76. The van der Waals surface area contributed by atoms with Crippen LogP contribution in [0.4, 0.5) is 19.0 Å². The van der Waals surface area contributed by atoms with Crippen molar-refractivity contribution < 1.29 is 13.2 Å². The van der Waals surface area contributed by atoms with Crippen molar-refractivity contribution in [1.29, 1.82) is 0 Å². The molecule has 0 aromatic carbocycles. The van der Waals surface area contributed by atoms with Crippen molar-refractivity contribution in [2.24, 2.45) is 0 Å². The number of hydrogen-bond donors (Lipinski definition) is 1. The van der Waals surface area contributed by atoms with Crippen molar-refractivity contribution in [3.8, 4) is 0 Å². The third kappa shape index (κ3) is 3.91. The quantitative estimate of drug-likeness (QED) is 0.811. The van der Waals surface area contributed by atoms with E-state index in [9.17, 15) is 13.2 Å². The van der Waals surface area contributed by atoms with E-state index in [-0.39, 0.29) is 23.0 Å². The van der Waals surface area contributed by atoms with Gasteiger partial charge < -0.3 is 5.73 Å². The molecule has 2 nitrogen and oxygen atoms in total. The maximum atomic E-state index is 12.7. The highest BCUT2D eigenvalue weighted by Crippen LogP contribution is 2.37. The number of aryl methyl sites for hydroxylation is 1. The lowest BCUT2D eigenvalue weighted by atomic mass is 9.99. The fourth-order valence-electron chi connectivity index (χ4n) is 1.51. The molecule has 0 aliphatic carbocycles. The molecule has 0 aliphatic rings. The maximum absolute atomic E-state index is 12.7. The van der Waals surface area contributed by atoms with Crippen molar-refractivity contribution in [2.45, 2.75) is 46.7 Å². The minimum Gasteiger partial charge on any atom is -0.384 e. The molecular formula is C12H19F3N2. The second-order valence-electron chi connectivity index (χ2n) is 3.78. The maximum Gasteiger partial charge on any atom is 0.418 e. The molecule has 2 N–H and O–H groups in total. The first-order valence-corrected chi connectivity index (χ1v) is 5.57. The summed E-state index contributed by atoms with van der Waals surface area (Å²) in [5, 5.41) is 0. The normalized spacial score (nSPS) is 11.1. The van der Waals surface area contributed by atoms with Crippen molar-refractivity contribution in [3.63, 3.8) is 0 Å². The molecule has 0 unspecified atom stereocenters. The lowest BCUT2D eigenvalue weighted by Crippen LogP contribution is -2.15. The average molecular weight is 248 g/mol. The van der Waals surface area contributed by atoms with Crippen molar-refractivity contribution >= 4 is 5.82 Å². The number of pyridine rings is 1. The number of anilines is 1. The minimum absolute atomic E-state index is 0.0139. The van der Waals surface area contributed by atoms with Gasteiger partial charge in [-0.1, -0.05) is 27.7 Å². The summed E-state index contributed by atoms with van der Waals surface area (Å²) in [6.07, 6.45) is -4.37. The average Bonchev–Trinajstić information content (AvgIpc) is 2.17. The summed E-state index contributed by atoms with van der Waals surface area (Å²) in [6.45, 7) is 8.72. The molecular weight excluding hydrogens is 229 g/mol. The third-order valence-electron chi connectivity index (χ3n) is 2.09. The molecule has 0 aliphatic heterocycles. The van der Waals surface area contributed by atoms with Crippen LogP contribution in [-0.4, -0.2) is 4.98 Å². The monoisotopic (exact) mass is 248 g/mol. The molecule has 0 saturated heterocycles. The molecule has 0 spiro atoms. The molecule has 0 saturated carbocycles. The Morgan fingerprint density at radius 2 is 1.71 bits per heavy atom. The van der Waals surface area contributed by atoms with Crippen LogP contribution in [0, 0.1) is 6.92 Å². The van der Waals surface area contributed by atoms with Gasteiger partial charge in [0.15, 0.2) is 0 Å². The molecule has 1 aromatic rings. The molecule has 0 bridgehead atoms. The largest absolute Gasteiger partial charge is 0.418 e. The second kappa shape index (κ2) is 5.89. The summed E-state index contributed by atoms with van der Waals surface area (Å²) in [7, 11) is 0. The smallest absolute Gasteiger partial charge is 0.384 e. The molecule has 0 atom stereocenters. The van der Waals surface area contributed by atoms with E-state index in [0.717, 1.165) is 0 Å². The van der Waals surface area contributed by atoms with Crippen molar-refractivity contribution in [1.82, 2.24) is 4.98 Å². The summed E-state index contributed by atoms with van der Waals surface area (Å²) in [6, 6.07) is 1.24. The van der Waals surface area contributed by atoms with Crippen LogP contribution in [0.1, 0.15) is 50.4 Å². The Morgan fingerprint density at radius 3 is 2.06 bits per heavy atom. The highest BCUT2D eigenvalue weighted by atomic mass is 19.4. The van der Waals surface area contributed by atoms with E-state index in [1.165, 1.54) is 13.0 Å². The number of alkyl halides is 3. The predicted octanol–water partition coefficient (Wildman–Crippen LogP) is 4.14. The summed E-state index contributed by atoms with van der Waals surface area (Å²) < 4.78 is 38.2. The third-order valence-corrected chi connectivity index (χ3v) is 2.09. The lowest BCUT2D eigenvalue weighted by molar-refractivity contribution is -0.139. The first kappa shape index (κ1) is 15.7. The Morgan fingerprint density at radius 1 is 1.24 bits per heavy atom. The van der Waals surface area contributed by atoms with E-state index in [1.807, 2.05) is 13.8 Å². The van der Waals surface area contributed by atoms with E-state index in [2.05, 4.69) is 4.98 Å². The minimum atomic E-state index is -4.37. The van der Waals surface area contributed by atoms with E-state index in [1.54, 1.807) is 13.8 Å². The van der Waals surface area contributed by atoms with E-state index in [4.69, 9.17) is 5.73 Å². The highest BCUT2D eigenvalue weighted by molar-refractivity contribution is 5.43. The van der Waals surface area contributed by atoms with Crippen molar-refractivity contribution in [3.05, 3.63) is 22.9 Å². The second-order valence-corrected chi connectivity index (χ2v) is 3.78. The number of halogens is 3. The molecule has 5 heteroatoms. The molecule has 17 heavy (non-hydrogen) atoms. The SMILES string of the molecule is CC.Cc1cc(N)nc(C(C)C)c1C(F)(F)F. The number of nitrogens with two attached hydrogens (primary N) is 1. The van der Waals surface area contributed by atoms with Crippen LogP contribution < -0.4 is 5.73 Å². The predicted molar refractivity (Wildman–Crippen MR) is 63.8 cm³/mol. The van der Waals surface area contributed by atoms with E-state index in [0.29, 0.717) is 0 Å². The fourth-order valence-corrected chi connectivity index (χ4v) is 1.51. The van der Waals surface area contributed by atoms with Crippen LogP contribution in [0.2, 0.25) is 0 Å². The van der Waals surface area contributed by atoms with Gasteiger partial charge in [-0.15, -0.1) is 0 Å². The van der Waals surface area contributed by atoms with Crippen LogP contribution in [0.3, 0.4) is 0 Å². The Balaban J connectivity index is 0.00000121. The molecule has 1 heterocycles. The van der Waals surface area contributed by atoms with Gasteiger partial charge in [0, 0.05) is 0 Å². The van der Waals surface area contributed by atoms with Gasteiger partial charge in [-0.3, -0.25) is 0 Å². The number of nitrogens with zero attached hydrogens (tertiary/aromatic N) is 1. The summed E-state index contributed by atoms with van der Waals surface area (Å²) in [5.74, 6) is -0.173. The van der Waals surface area contributed by atoms with Crippen LogP contribution in [-0.2, 0) is 6.18 Å². The zero-order valence-corrected chi connectivity index (χ0v) is 10.8. The summed E-state index contributed by atoms with van der Waals surface area (Å²) >= 11 is 0. The molecule has 0 fully saturated rings. The number of nitrogen functional groups attached to an aromatic ring is 1. The topological polar surface area (TPSA) is 38.9 Å². The Bertz CT molecular complexity index is 371.